The minimum atomic E-state index is -4.36. The lowest BCUT2D eigenvalue weighted by Crippen LogP contribution is -2.05. The largest absolute Gasteiger partial charge is 0.416 e. The molecule has 0 amide bonds. The Morgan fingerprint density at radius 3 is 2.29 bits per heavy atom. The fourth-order valence-electron chi connectivity index (χ4n) is 1.37. The van der Waals surface area contributed by atoms with Crippen molar-refractivity contribution in [1.29, 1.82) is 0 Å². The highest BCUT2D eigenvalue weighted by molar-refractivity contribution is 7.09. The van der Waals surface area contributed by atoms with Crippen LogP contribution >= 0.6 is 11.3 Å². The minimum absolute atomic E-state index is 0.396. The van der Waals surface area contributed by atoms with E-state index in [9.17, 15) is 18.3 Å². The number of aliphatic hydroxyl groups excluding tert-OH is 1. The van der Waals surface area contributed by atoms with Crippen LogP contribution in [0.2, 0.25) is 0 Å². The number of halogens is 3. The van der Waals surface area contributed by atoms with Crippen LogP contribution in [0.1, 0.15) is 22.2 Å². The second kappa shape index (κ2) is 4.46. The molecule has 6 heteroatoms. The predicted octanol–water partition coefficient (Wildman–Crippen LogP) is 3.24. The van der Waals surface area contributed by atoms with Crippen molar-refractivity contribution in [2.45, 2.75) is 12.3 Å². The average Bonchev–Trinajstić information content (AvgIpc) is 2.80. The van der Waals surface area contributed by atoms with Crippen LogP contribution in [0.15, 0.2) is 35.8 Å². The molecule has 90 valence electrons. The predicted molar refractivity (Wildman–Crippen MR) is 57.6 cm³/mol. The molecule has 2 rings (SSSR count). The lowest BCUT2D eigenvalue weighted by atomic mass is 10.1. The minimum Gasteiger partial charge on any atom is -0.381 e. The molecular weight excluding hydrogens is 251 g/mol. The molecule has 2 aromatic rings. The van der Waals surface area contributed by atoms with E-state index < -0.39 is 17.8 Å². The Hall–Kier alpha value is -1.40. The van der Waals surface area contributed by atoms with Gasteiger partial charge in [0.15, 0.2) is 0 Å². The Kier molecular flexibility index (Phi) is 3.17. The molecule has 0 aliphatic heterocycles. The third-order valence-corrected chi connectivity index (χ3v) is 3.07. The Bertz CT molecular complexity index is 478. The fraction of sp³-hybridized carbons (Fsp3) is 0.182. The van der Waals surface area contributed by atoms with Crippen LogP contribution in [-0.4, -0.2) is 10.1 Å². The van der Waals surface area contributed by atoms with Crippen molar-refractivity contribution >= 4 is 11.3 Å². The summed E-state index contributed by atoms with van der Waals surface area (Å²) in [6.07, 6.45) is -3.80. The molecular formula is C11H8F3NOS. The number of benzene rings is 1. The van der Waals surface area contributed by atoms with Crippen molar-refractivity contribution in [2.75, 3.05) is 0 Å². The SMILES string of the molecule is OC(c1ccc(C(F)(F)F)cc1)c1nccs1. The molecule has 2 nitrogen and oxygen atoms in total. The van der Waals surface area contributed by atoms with E-state index in [0.717, 1.165) is 12.1 Å². The molecule has 0 radical (unpaired) electrons. The quantitative estimate of drug-likeness (QED) is 0.898. The summed E-state index contributed by atoms with van der Waals surface area (Å²) in [5.74, 6) is 0. The van der Waals surface area contributed by atoms with Gasteiger partial charge in [0.1, 0.15) is 11.1 Å². The van der Waals surface area contributed by atoms with E-state index in [0.29, 0.717) is 10.6 Å². The number of rotatable bonds is 2. The zero-order valence-electron chi connectivity index (χ0n) is 8.48. The monoisotopic (exact) mass is 259 g/mol. The standard InChI is InChI=1S/C11H8F3NOS/c12-11(13,14)8-3-1-7(2-4-8)9(16)10-15-5-6-17-10/h1-6,9,16H. The molecule has 1 unspecified atom stereocenters. The second-order valence-corrected chi connectivity index (χ2v) is 4.32. The highest BCUT2D eigenvalue weighted by Gasteiger charge is 2.30. The van der Waals surface area contributed by atoms with Gasteiger partial charge in [-0.25, -0.2) is 4.98 Å². The first-order valence-corrected chi connectivity index (χ1v) is 5.61. The van der Waals surface area contributed by atoms with Crippen LogP contribution in [0.5, 0.6) is 0 Å². The molecule has 17 heavy (non-hydrogen) atoms. The highest BCUT2D eigenvalue weighted by Crippen LogP contribution is 2.31. The Morgan fingerprint density at radius 2 is 1.82 bits per heavy atom. The molecule has 0 bridgehead atoms. The smallest absolute Gasteiger partial charge is 0.381 e. The molecule has 0 saturated heterocycles. The van der Waals surface area contributed by atoms with E-state index in [2.05, 4.69) is 4.98 Å². The summed E-state index contributed by atoms with van der Waals surface area (Å²) in [6, 6.07) is 4.42. The van der Waals surface area contributed by atoms with Crippen molar-refractivity contribution in [3.8, 4) is 0 Å². The maximum atomic E-state index is 12.3. The van der Waals surface area contributed by atoms with Crippen molar-refractivity contribution in [2.24, 2.45) is 0 Å². The number of hydrogen-bond donors (Lipinski definition) is 1. The molecule has 1 aromatic heterocycles. The summed E-state index contributed by atoms with van der Waals surface area (Å²) in [6.45, 7) is 0. The number of thiazole rings is 1. The van der Waals surface area contributed by atoms with Crippen LogP contribution in [0.3, 0.4) is 0 Å². The van der Waals surface area contributed by atoms with E-state index in [-0.39, 0.29) is 0 Å². The van der Waals surface area contributed by atoms with E-state index in [4.69, 9.17) is 0 Å². The maximum Gasteiger partial charge on any atom is 0.416 e. The molecule has 1 heterocycles. The summed E-state index contributed by atoms with van der Waals surface area (Å²) >= 11 is 1.25. The number of hydrogen-bond acceptors (Lipinski definition) is 3. The topological polar surface area (TPSA) is 33.1 Å². The highest BCUT2D eigenvalue weighted by atomic mass is 32.1. The first-order valence-electron chi connectivity index (χ1n) is 4.73. The van der Waals surface area contributed by atoms with E-state index in [1.54, 1.807) is 5.38 Å². The average molecular weight is 259 g/mol. The van der Waals surface area contributed by atoms with E-state index in [1.807, 2.05) is 0 Å². The molecule has 0 spiro atoms. The number of alkyl halides is 3. The molecule has 0 aliphatic rings. The molecule has 1 aromatic carbocycles. The number of aromatic nitrogens is 1. The summed E-state index contributed by atoms with van der Waals surface area (Å²) < 4.78 is 37.0. The van der Waals surface area contributed by atoms with Gasteiger partial charge in [0, 0.05) is 11.6 Å². The van der Waals surface area contributed by atoms with Gasteiger partial charge in [0.05, 0.1) is 5.56 Å². The number of nitrogens with zero attached hydrogens (tertiary/aromatic N) is 1. The van der Waals surface area contributed by atoms with Crippen LogP contribution < -0.4 is 0 Å². The van der Waals surface area contributed by atoms with Gasteiger partial charge in [0.25, 0.3) is 0 Å². The van der Waals surface area contributed by atoms with Crippen molar-refractivity contribution in [3.05, 3.63) is 52.0 Å². The van der Waals surface area contributed by atoms with Crippen molar-refractivity contribution in [3.63, 3.8) is 0 Å². The lowest BCUT2D eigenvalue weighted by molar-refractivity contribution is -0.137. The third kappa shape index (κ3) is 2.65. The number of aliphatic hydroxyl groups is 1. The molecule has 1 N–H and O–H groups in total. The maximum absolute atomic E-state index is 12.3. The van der Waals surface area contributed by atoms with Gasteiger partial charge in [-0.2, -0.15) is 13.2 Å². The second-order valence-electron chi connectivity index (χ2n) is 3.39. The summed E-state index contributed by atoms with van der Waals surface area (Å²) in [4.78, 5) is 3.91. The van der Waals surface area contributed by atoms with Crippen LogP contribution in [0.25, 0.3) is 0 Å². The first-order chi connectivity index (χ1) is 7.98. The summed E-state index contributed by atoms with van der Waals surface area (Å²) in [5.41, 5.74) is -0.333. The van der Waals surface area contributed by atoms with Crippen LogP contribution in [-0.2, 0) is 6.18 Å². The summed E-state index contributed by atoms with van der Waals surface area (Å²) in [5, 5.41) is 12.0. The van der Waals surface area contributed by atoms with Gasteiger partial charge in [-0.3, -0.25) is 0 Å². The van der Waals surface area contributed by atoms with Crippen LogP contribution in [0, 0.1) is 0 Å². The lowest BCUT2D eigenvalue weighted by Gasteiger charge is -2.10. The molecule has 1 atom stereocenters. The zero-order chi connectivity index (χ0) is 12.5. The van der Waals surface area contributed by atoms with Gasteiger partial charge in [-0.1, -0.05) is 12.1 Å². The molecule has 0 fully saturated rings. The Morgan fingerprint density at radius 1 is 1.18 bits per heavy atom. The van der Waals surface area contributed by atoms with Crippen molar-refractivity contribution in [1.82, 2.24) is 4.98 Å². The normalized spacial score (nSPS) is 13.6. The van der Waals surface area contributed by atoms with Crippen molar-refractivity contribution < 1.29 is 18.3 Å². The van der Waals surface area contributed by atoms with E-state index in [1.165, 1.54) is 29.7 Å². The van der Waals surface area contributed by atoms with Gasteiger partial charge in [0.2, 0.25) is 0 Å². The third-order valence-electron chi connectivity index (χ3n) is 2.24. The summed E-state index contributed by atoms with van der Waals surface area (Å²) in [7, 11) is 0. The van der Waals surface area contributed by atoms with E-state index >= 15 is 0 Å². The molecule has 0 aliphatic carbocycles. The van der Waals surface area contributed by atoms with Gasteiger partial charge in [-0.05, 0) is 17.7 Å². The van der Waals surface area contributed by atoms with Gasteiger partial charge < -0.3 is 5.11 Å². The Labute approximate surface area is 99.4 Å². The Balaban J connectivity index is 2.24. The first kappa shape index (κ1) is 12.1. The van der Waals surface area contributed by atoms with Crippen LogP contribution in [0.4, 0.5) is 13.2 Å². The zero-order valence-corrected chi connectivity index (χ0v) is 9.29. The van der Waals surface area contributed by atoms with Gasteiger partial charge in [-0.15, -0.1) is 11.3 Å². The molecule has 0 saturated carbocycles. The fourth-order valence-corrected chi connectivity index (χ4v) is 2.01. The van der Waals surface area contributed by atoms with Gasteiger partial charge >= 0.3 is 6.18 Å².